The highest BCUT2D eigenvalue weighted by Gasteiger charge is 2.39. The van der Waals surface area contributed by atoms with E-state index in [0.717, 1.165) is 28.4 Å². The molecule has 1 atom stereocenters. The highest BCUT2D eigenvalue weighted by molar-refractivity contribution is 7.15. The summed E-state index contributed by atoms with van der Waals surface area (Å²) < 4.78 is 5.93. The third-order valence-corrected chi connectivity index (χ3v) is 6.61. The maximum atomic E-state index is 13.1. The van der Waals surface area contributed by atoms with Gasteiger partial charge in [0.25, 0.3) is 0 Å². The zero-order valence-electron chi connectivity index (χ0n) is 16.6. The molecule has 8 nitrogen and oxygen atoms in total. The lowest BCUT2D eigenvalue weighted by molar-refractivity contribution is -0.136. The van der Waals surface area contributed by atoms with Gasteiger partial charge in [-0.25, -0.2) is 4.98 Å². The zero-order valence-corrected chi connectivity index (χ0v) is 17.4. The first-order valence-corrected chi connectivity index (χ1v) is 10.9. The van der Waals surface area contributed by atoms with E-state index < -0.39 is 0 Å². The monoisotopic (exact) mass is 423 g/mol. The van der Waals surface area contributed by atoms with Gasteiger partial charge < -0.3 is 9.32 Å². The van der Waals surface area contributed by atoms with Gasteiger partial charge in [0.1, 0.15) is 16.5 Å². The molecule has 9 heteroatoms. The molecule has 2 amide bonds. The molecule has 0 aliphatic carbocycles. The summed E-state index contributed by atoms with van der Waals surface area (Å²) in [4.78, 5) is 33.6. The molecule has 3 aromatic rings. The summed E-state index contributed by atoms with van der Waals surface area (Å²) >= 11 is 1.41. The maximum Gasteiger partial charge on any atom is 0.229 e. The summed E-state index contributed by atoms with van der Waals surface area (Å²) in [6.07, 6.45) is 1.61. The molecule has 2 aromatic heterocycles. The van der Waals surface area contributed by atoms with Gasteiger partial charge >= 0.3 is 0 Å². The lowest BCUT2D eigenvalue weighted by Crippen LogP contribution is -2.40. The fourth-order valence-electron chi connectivity index (χ4n) is 3.90. The first-order valence-electron chi connectivity index (χ1n) is 10.1. The van der Waals surface area contributed by atoms with Gasteiger partial charge in [-0.3, -0.25) is 14.5 Å². The second-order valence-corrected chi connectivity index (χ2v) is 8.54. The predicted octanol–water partition coefficient (Wildman–Crippen LogP) is 2.69. The first-order chi connectivity index (χ1) is 14.6. The van der Waals surface area contributed by atoms with Crippen LogP contribution in [0.25, 0.3) is 11.5 Å². The number of fused-ring (bicyclic) bond motifs is 1. The van der Waals surface area contributed by atoms with Crippen LogP contribution in [0, 0.1) is 5.92 Å². The van der Waals surface area contributed by atoms with E-state index in [1.54, 1.807) is 9.80 Å². The number of hydrogen-bond acceptors (Lipinski definition) is 7. The highest BCUT2D eigenvalue weighted by Crippen LogP contribution is 2.31. The molecule has 154 valence electrons. The minimum atomic E-state index is -0.367. The standard InChI is InChI=1S/C21H21N5O3S/c1-2-17-23-24-21(30-17)26-11-14(10-18(26)27)20(28)25-9-8-16-15(12-25)22-19(29-16)13-6-4-3-5-7-13/h3-7,14H,2,8-12H2,1H3. The van der Waals surface area contributed by atoms with E-state index in [1.807, 2.05) is 37.3 Å². The topological polar surface area (TPSA) is 92.4 Å². The number of carbonyl (C=O) groups excluding carboxylic acids is 2. The summed E-state index contributed by atoms with van der Waals surface area (Å²) in [5, 5.41) is 9.67. The Morgan fingerprint density at radius 1 is 1.27 bits per heavy atom. The Labute approximate surface area is 177 Å². The van der Waals surface area contributed by atoms with Crippen molar-refractivity contribution >= 4 is 28.3 Å². The molecule has 4 heterocycles. The summed E-state index contributed by atoms with van der Waals surface area (Å²) in [6, 6.07) is 9.74. The van der Waals surface area contributed by atoms with Crippen LogP contribution in [0.4, 0.5) is 5.13 Å². The smallest absolute Gasteiger partial charge is 0.229 e. The molecular formula is C21H21N5O3S. The summed E-state index contributed by atoms with van der Waals surface area (Å²) in [5.41, 5.74) is 1.72. The minimum Gasteiger partial charge on any atom is -0.441 e. The van der Waals surface area contributed by atoms with Crippen LogP contribution >= 0.6 is 11.3 Å². The van der Waals surface area contributed by atoms with E-state index in [1.165, 1.54) is 11.3 Å². The second kappa shape index (κ2) is 7.64. The van der Waals surface area contributed by atoms with E-state index in [0.29, 0.717) is 37.1 Å². The van der Waals surface area contributed by atoms with E-state index in [4.69, 9.17) is 4.42 Å². The zero-order chi connectivity index (χ0) is 20.7. The van der Waals surface area contributed by atoms with Crippen molar-refractivity contribution in [3.05, 3.63) is 46.8 Å². The molecular weight excluding hydrogens is 402 g/mol. The van der Waals surface area contributed by atoms with Gasteiger partial charge in [0.2, 0.25) is 22.8 Å². The lowest BCUT2D eigenvalue weighted by atomic mass is 10.0. The van der Waals surface area contributed by atoms with Crippen LogP contribution in [-0.4, -0.2) is 45.0 Å². The number of anilines is 1. The third-order valence-electron chi connectivity index (χ3n) is 5.52. The quantitative estimate of drug-likeness (QED) is 0.641. The fourth-order valence-corrected chi connectivity index (χ4v) is 4.71. The largest absolute Gasteiger partial charge is 0.441 e. The van der Waals surface area contributed by atoms with Gasteiger partial charge in [-0.1, -0.05) is 36.5 Å². The van der Waals surface area contributed by atoms with Crippen LogP contribution in [0.3, 0.4) is 0 Å². The molecule has 0 bridgehead atoms. The van der Waals surface area contributed by atoms with E-state index in [9.17, 15) is 9.59 Å². The van der Waals surface area contributed by atoms with Crippen LogP contribution < -0.4 is 4.90 Å². The number of aryl methyl sites for hydroxylation is 1. The SMILES string of the molecule is CCc1nnc(N2CC(C(=O)N3CCc4oc(-c5ccccc5)nc4C3)CC2=O)s1. The molecule has 0 spiro atoms. The average molecular weight is 423 g/mol. The minimum absolute atomic E-state index is 0.0130. The Kier molecular flexibility index (Phi) is 4.82. The number of aromatic nitrogens is 3. The number of nitrogens with zero attached hydrogens (tertiary/aromatic N) is 5. The van der Waals surface area contributed by atoms with Crippen molar-refractivity contribution in [2.75, 3.05) is 18.0 Å². The van der Waals surface area contributed by atoms with Gasteiger partial charge in [-0.05, 0) is 18.6 Å². The highest BCUT2D eigenvalue weighted by atomic mass is 32.1. The van der Waals surface area contributed by atoms with Crippen LogP contribution in [-0.2, 0) is 29.0 Å². The van der Waals surface area contributed by atoms with Crippen molar-refractivity contribution in [2.45, 2.75) is 32.7 Å². The van der Waals surface area contributed by atoms with E-state index >= 15 is 0 Å². The van der Waals surface area contributed by atoms with Crippen molar-refractivity contribution in [1.29, 1.82) is 0 Å². The summed E-state index contributed by atoms with van der Waals surface area (Å²) in [5.74, 6) is 0.968. The number of carbonyl (C=O) groups is 2. The number of rotatable bonds is 4. The summed E-state index contributed by atoms with van der Waals surface area (Å²) in [6.45, 7) is 3.33. The molecule has 30 heavy (non-hydrogen) atoms. The Hall–Kier alpha value is -3.07. The Morgan fingerprint density at radius 3 is 2.87 bits per heavy atom. The number of amides is 2. The molecule has 2 aliphatic rings. The van der Waals surface area contributed by atoms with E-state index in [2.05, 4.69) is 15.2 Å². The van der Waals surface area contributed by atoms with Crippen molar-refractivity contribution in [1.82, 2.24) is 20.1 Å². The van der Waals surface area contributed by atoms with Crippen molar-refractivity contribution in [3.63, 3.8) is 0 Å². The number of hydrogen-bond donors (Lipinski definition) is 0. The molecule has 0 saturated carbocycles. The van der Waals surface area contributed by atoms with Crippen molar-refractivity contribution in [2.24, 2.45) is 5.92 Å². The summed E-state index contributed by atoms with van der Waals surface area (Å²) in [7, 11) is 0. The number of oxazole rings is 1. The molecule has 1 fully saturated rings. The average Bonchev–Trinajstić information content (AvgIpc) is 3.50. The van der Waals surface area contributed by atoms with Crippen molar-refractivity contribution in [3.8, 4) is 11.5 Å². The molecule has 2 aliphatic heterocycles. The Bertz CT molecular complexity index is 1090. The normalized spacial score (nSPS) is 18.7. The number of benzene rings is 1. The predicted molar refractivity (Wildman–Crippen MR) is 111 cm³/mol. The van der Waals surface area contributed by atoms with Crippen LogP contribution in [0.5, 0.6) is 0 Å². The van der Waals surface area contributed by atoms with Gasteiger partial charge in [0, 0.05) is 31.5 Å². The maximum absolute atomic E-state index is 13.1. The lowest BCUT2D eigenvalue weighted by Gasteiger charge is -2.27. The molecule has 0 N–H and O–H groups in total. The van der Waals surface area contributed by atoms with Gasteiger partial charge in [0.05, 0.1) is 12.5 Å². The molecule has 1 saturated heterocycles. The van der Waals surface area contributed by atoms with Crippen LogP contribution in [0.1, 0.15) is 29.8 Å². The van der Waals surface area contributed by atoms with Crippen molar-refractivity contribution < 1.29 is 14.0 Å². The molecule has 1 unspecified atom stereocenters. The van der Waals surface area contributed by atoms with Gasteiger partial charge in [0.15, 0.2) is 0 Å². The Morgan fingerprint density at radius 2 is 2.10 bits per heavy atom. The van der Waals surface area contributed by atoms with E-state index in [-0.39, 0.29) is 24.2 Å². The molecule has 0 radical (unpaired) electrons. The fraction of sp³-hybridized carbons (Fsp3) is 0.381. The first kappa shape index (κ1) is 18.9. The third kappa shape index (κ3) is 3.39. The van der Waals surface area contributed by atoms with Crippen LogP contribution in [0.15, 0.2) is 34.7 Å². The van der Waals surface area contributed by atoms with Gasteiger partial charge in [-0.15, -0.1) is 10.2 Å². The molecule has 5 rings (SSSR count). The van der Waals surface area contributed by atoms with Crippen LogP contribution in [0.2, 0.25) is 0 Å². The molecule has 1 aromatic carbocycles. The van der Waals surface area contributed by atoms with Gasteiger partial charge in [-0.2, -0.15) is 0 Å². The Balaban J connectivity index is 1.29. The second-order valence-electron chi connectivity index (χ2n) is 7.50.